The van der Waals surface area contributed by atoms with Crippen LogP contribution < -0.4 is 5.32 Å². The second-order valence-corrected chi connectivity index (χ2v) is 10.8. The predicted octanol–water partition coefficient (Wildman–Crippen LogP) is 9.09. The predicted molar refractivity (Wildman–Crippen MR) is 155 cm³/mol. The Hall–Kier alpha value is -2.16. The van der Waals surface area contributed by atoms with Gasteiger partial charge >= 0.3 is 0 Å². The first-order chi connectivity index (χ1) is 16.7. The number of terminal acetylenes is 1. The lowest BCUT2D eigenvalue weighted by atomic mass is 9.54. The number of nitrogens with one attached hydrogen (secondary N) is 1. The summed E-state index contributed by atoms with van der Waals surface area (Å²) in [6.45, 7) is 22.9. The first-order valence-electron chi connectivity index (χ1n) is 13.5. The number of hydrogen-bond acceptors (Lipinski definition) is 2. The molecule has 2 heteroatoms. The number of rotatable bonds is 5. The molecule has 3 fully saturated rings. The quantitative estimate of drug-likeness (QED) is 0.178. The minimum atomic E-state index is 0.250. The van der Waals surface area contributed by atoms with E-state index in [1.807, 2.05) is 0 Å². The van der Waals surface area contributed by atoms with Crippen molar-refractivity contribution in [2.45, 2.75) is 111 Å². The summed E-state index contributed by atoms with van der Waals surface area (Å²) in [5.74, 6) is 2.96. The summed E-state index contributed by atoms with van der Waals surface area (Å²) >= 11 is 0. The maximum absolute atomic E-state index is 7.58. The summed E-state index contributed by atoms with van der Waals surface area (Å²) in [6, 6.07) is 0. The van der Waals surface area contributed by atoms with Crippen LogP contribution in [0, 0.1) is 36.5 Å². The van der Waals surface area contributed by atoms with Crippen molar-refractivity contribution in [2.75, 3.05) is 0 Å². The Bertz CT molecular complexity index is 792. The number of allylic oxidation sites excluding steroid dienone is 4. The molecule has 0 spiro atoms. The summed E-state index contributed by atoms with van der Waals surface area (Å²) in [5.41, 5.74) is 9.06. The zero-order valence-corrected chi connectivity index (χ0v) is 23.8. The normalized spacial score (nSPS) is 30.4. The van der Waals surface area contributed by atoms with Gasteiger partial charge < -0.3 is 10.4 Å². The van der Waals surface area contributed by atoms with Gasteiger partial charge in [0.15, 0.2) is 0 Å². The van der Waals surface area contributed by atoms with E-state index in [9.17, 15) is 0 Å². The van der Waals surface area contributed by atoms with Crippen molar-refractivity contribution in [3.63, 3.8) is 0 Å². The molecule has 0 amide bonds. The molecule has 3 unspecified atom stereocenters. The van der Waals surface area contributed by atoms with Crippen LogP contribution in [-0.4, -0.2) is 16.2 Å². The molecule has 3 atom stereocenters. The zero-order chi connectivity index (χ0) is 27.1. The van der Waals surface area contributed by atoms with Gasteiger partial charge in [0.2, 0.25) is 0 Å². The summed E-state index contributed by atoms with van der Waals surface area (Å²) in [7, 11) is 0. The van der Waals surface area contributed by atoms with Crippen LogP contribution in [0.2, 0.25) is 0 Å². The Kier molecular flexibility index (Phi) is 15.5. The van der Waals surface area contributed by atoms with Crippen LogP contribution in [0.1, 0.15) is 99.8 Å². The van der Waals surface area contributed by atoms with E-state index in [-0.39, 0.29) is 11.1 Å². The van der Waals surface area contributed by atoms with E-state index < -0.39 is 0 Å². The topological polar surface area (TPSA) is 32.3 Å². The van der Waals surface area contributed by atoms with Crippen molar-refractivity contribution in [1.82, 2.24) is 5.32 Å². The first kappa shape index (κ1) is 32.8. The molecule has 0 aromatic rings. The summed E-state index contributed by atoms with van der Waals surface area (Å²) in [4.78, 5) is 0. The van der Waals surface area contributed by atoms with Crippen LogP contribution in [0.25, 0.3) is 0 Å². The van der Waals surface area contributed by atoms with Crippen molar-refractivity contribution >= 4 is 0 Å². The van der Waals surface area contributed by atoms with Gasteiger partial charge in [0.05, 0.1) is 0 Å². The molecule has 2 saturated carbocycles. The third kappa shape index (κ3) is 9.09. The molecule has 2 N–H and O–H groups in total. The van der Waals surface area contributed by atoms with E-state index in [0.717, 1.165) is 24.5 Å². The van der Waals surface area contributed by atoms with Gasteiger partial charge in [-0.3, -0.25) is 0 Å². The molecule has 3 aliphatic rings. The number of hydrogen-bond donors (Lipinski definition) is 2. The van der Waals surface area contributed by atoms with Crippen molar-refractivity contribution in [3.05, 3.63) is 60.3 Å². The van der Waals surface area contributed by atoms with Crippen LogP contribution in [0.15, 0.2) is 60.3 Å². The molecule has 0 aromatic carbocycles. The molecule has 0 radical (unpaired) electrons. The average molecular weight is 480 g/mol. The highest BCUT2D eigenvalue weighted by Crippen LogP contribution is 2.59. The fraction of sp³-hybridized carbons (Fsp3) is 0.636. The molecule has 2 aliphatic carbocycles. The second-order valence-electron chi connectivity index (χ2n) is 10.8. The van der Waals surface area contributed by atoms with E-state index >= 15 is 0 Å². The van der Waals surface area contributed by atoms with Crippen molar-refractivity contribution in [2.24, 2.45) is 23.7 Å². The van der Waals surface area contributed by atoms with Crippen molar-refractivity contribution in [3.8, 4) is 12.8 Å². The van der Waals surface area contributed by atoms with Crippen LogP contribution >= 0.6 is 0 Å². The van der Waals surface area contributed by atoms with Gasteiger partial charge in [-0.1, -0.05) is 64.3 Å². The van der Waals surface area contributed by atoms with Gasteiger partial charge in [-0.05, 0) is 95.6 Å². The van der Waals surface area contributed by atoms with Gasteiger partial charge in [-0.15, -0.1) is 18.6 Å². The molecule has 1 heterocycles. The number of fused-ring (bicyclic) bond motifs is 1. The van der Waals surface area contributed by atoms with E-state index in [0.29, 0.717) is 11.8 Å². The Balaban J connectivity index is 0.00000112. The van der Waals surface area contributed by atoms with Gasteiger partial charge in [0.1, 0.15) is 6.26 Å². The summed E-state index contributed by atoms with van der Waals surface area (Å²) in [6.07, 6.45) is 26.2. The minimum absolute atomic E-state index is 0.250. The van der Waals surface area contributed by atoms with E-state index in [2.05, 4.69) is 109 Å². The average Bonchev–Trinajstić information content (AvgIpc) is 3.07. The monoisotopic (exact) mass is 479 g/mol. The van der Waals surface area contributed by atoms with Gasteiger partial charge in [-0.25, -0.2) is 0 Å². The lowest BCUT2D eigenvalue weighted by Crippen LogP contribution is -2.61. The molecule has 196 valence electrons. The molecule has 35 heavy (non-hydrogen) atoms. The van der Waals surface area contributed by atoms with E-state index in [4.69, 9.17) is 5.11 Å². The molecule has 3 rings (SSSR count). The number of aliphatic hydroxyl groups excluding tert-OH is 1. The third-order valence-electron chi connectivity index (χ3n) is 7.58. The zero-order valence-electron chi connectivity index (χ0n) is 23.8. The van der Waals surface area contributed by atoms with Crippen molar-refractivity contribution in [1.29, 1.82) is 0 Å². The largest absolute Gasteiger partial charge is 0.507 e. The maximum Gasteiger partial charge on any atom is 0.121 e. The Labute approximate surface area is 218 Å². The first-order valence-corrected chi connectivity index (χ1v) is 13.5. The van der Waals surface area contributed by atoms with Gasteiger partial charge in [0, 0.05) is 22.9 Å². The maximum atomic E-state index is 7.58. The molecule has 0 aromatic heterocycles. The van der Waals surface area contributed by atoms with Crippen LogP contribution in [0.5, 0.6) is 0 Å². The van der Waals surface area contributed by atoms with E-state index in [1.165, 1.54) is 50.5 Å². The summed E-state index contributed by atoms with van der Waals surface area (Å²) < 4.78 is 0. The van der Waals surface area contributed by atoms with Crippen molar-refractivity contribution < 1.29 is 5.11 Å². The third-order valence-corrected chi connectivity index (χ3v) is 7.58. The fourth-order valence-corrected chi connectivity index (χ4v) is 6.23. The summed E-state index contributed by atoms with van der Waals surface area (Å²) in [5, 5.41) is 11.5. The lowest BCUT2D eigenvalue weighted by Gasteiger charge is -2.53. The Morgan fingerprint density at radius 2 is 1.66 bits per heavy atom. The highest BCUT2D eigenvalue weighted by molar-refractivity contribution is 5.36. The highest BCUT2D eigenvalue weighted by Gasteiger charge is 2.62. The van der Waals surface area contributed by atoms with Gasteiger partial charge in [0.25, 0.3) is 0 Å². The van der Waals surface area contributed by atoms with Crippen LogP contribution in [0.3, 0.4) is 0 Å². The lowest BCUT2D eigenvalue weighted by molar-refractivity contribution is 0.103. The molecule has 1 saturated heterocycles. The Morgan fingerprint density at radius 3 is 2.09 bits per heavy atom. The molecular weight excluding hydrogens is 426 g/mol. The molecule has 1 aliphatic heterocycles. The van der Waals surface area contributed by atoms with Crippen LogP contribution in [-0.2, 0) is 0 Å². The Morgan fingerprint density at radius 1 is 1.11 bits per heavy atom. The standard InChI is InChI=1S/C25H39N.C3H4O.C3H8.C2H2/c1-7-10-11-19(8-2)20-14-12-18(13-15-20)16-22-21(9-3)23-17-24(4,5)26-25(22,23)6;1-2-3-4;1-3-2;1-2/h8,10-11,18,20,22-23,26H,3,7,12-17H2,1-2,4-6H3;3-4H,1H2;3H2,1-2H3;1-2H/b11-10-,19-8+;;;. The molecular formula is C33H53NO. The highest BCUT2D eigenvalue weighted by atomic mass is 16.2. The van der Waals surface area contributed by atoms with Gasteiger partial charge in [-0.2, -0.15) is 0 Å². The van der Waals surface area contributed by atoms with E-state index in [1.54, 1.807) is 5.57 Å². The molecule has 2 nitrogen and oxygen atoms in total. The van der Waals surface area contributed by atoms with Crippen LogP contribution in [0.4, 0.5) is 0 Å². The minimum Gasteiger partial charge on any atom is -0.507 e. The number of aliphatic hydroxyl groups is 1. The smallest absolute Gasteiger partial charge is 0.121 e. The SMILES string of the molecule is C#C.C=C=C1C(CC2CCC(C(/C=C\CC)=C/C)CC2)C2(C)NC(C)(C)CC12.C=C=CO.CCC. The molecule has 0 bridgehead atoms. The second kappa shape index (κ2) is 16.5. The fourth-order valence-electron chi connectivity index (χ4n) is 6.23.